The molecule has 5 N–H and O–H groups in total. The van der Waals surface area contributed by atoms with E-state index in [2.05, 4.69) is 19.2 Å². The normalized spacial score (nSPS) is 21.8. The fourth-order valence-corrected chi connectivity index (χ4v) is 2.64. The Kier molecular flexibility index (Phi) is 3.20. The summed E-state index contributed by atoms with van der Waals surface area (Å²) in [6, 6.07) is 5.20. The van der Waals surface area contributed by atoms with Crippen LogP contribution in [0.3, 0.4) is 0 Å². The molecule has 0 aliphatic heterocycles. The van der Waals surface area contributed by atoms with Gasteiger partial charge in [-0.1, -0.05) is 20.3 Å². The predicted octanol–water partition coefficient (Wildman–Crippen LogP) is 2.16. The van der Waals surface area contributed by atoms with Crippen LogP contribution in [-0.4, -0.2) is 11.9 Å². The average Bonchev–Trinajstić information content (AvgIpc) is 2.57. The second kappa shape index (κ2) is 4.52. The zero-order valence-corrected chi connectivity index (χ0v) is 11.0. The number of benzene rings is 1. The molecule has 98 valence electrons. The maximum absolute atomic E-state index is 12.2. The summed E-state index contributed by atoms with van der Waals surface area (Å²) >= 11 is 0. The van der Waals surface area contributed by atoms with Gasteiger partial charge < -0.3 is 16.8 Å². The number of rotatable bonds is 2. The second-order valence-electron chi connectivity index (χ2n) is 5.80. The van der Waals surface area contributed by atoms with Crippen molar-refractivity contribution in [2.45, 2.75) is 39.2 Å². The van der Waals surface area contributed by atoms with Gasteiger partial charge in [0, 0.05) is 23.0 Å². The molecule has 18 heavy (non-hydrogen) atoms. The van der Waals surface area contributed by atoms with Crippen molar-refractivity contribution in [3.63, 3.8) is 0 Å². The van der Waals surface area contributed by atoms with Crippen LogP contribution in [-0.2, 0) is 0 Å². The Morgan fingerprint density at radius 2 is 1.89 bits per heavy atom. The first-order chi connectivity index (χ1) is 8.38. The number of hydrogen-bond donors (Lipinski definition) is 3. The van der Waals surface area contributed by atoms with Crippen molar-refractivity contribution in [2.24, 2.45) is 5.41 Å². The predicted molar refractivity (Wildman–Crippen MR) is 74.2 cm³/mol. The Morgan fingerprint density at radius 3 is 2.39 bits per heavy atom. The van der Waals surface area contributed by atoms with E-state index in [1.54, 1.807) is 18.2 Å². The van der Waals surface area contributed by atoms with Crippen molar-refractivity contribution in [1.29, 1.82) is 0 Å². The highest BCUT2D eigenvalue weighted by atomic mass is 16.1. The van der Waals surface area contributed by atoms with Crippen LogP contribution < -0.4 is 16.8 Å². The number of carbonyl (C=O) groups excluding carboxylic acids is 1. The Hall–Kier alpha value is -1.71. The molecule has 0 aromatic heterocycles. The van der Waals surface area contributed by atoms with E-state index in [-0.39, 0.29) is 17.4 Å². The summed E-state index contributed by atoms with van der Waals surface area (Å²) in [5.74, 6) is -0.0889. The molecule has 1 aliphatic carbocycles. The van der Waals surface area contributed by atoms with Crippen LogP contribution in [0.1, 0.15) is 43.5 Å². The van der Waals surface area contributed by atoms with Crippen LogP contribution >= 0.6 is 0 Å². The maximum atomic E-state index is 12.2. The van der Waals surface area contributed by atoms with E-state index in [1.807, 2.05) is 0 Å². The first-order valence-electron chi connectivity index (χ1n) is 6.35. The number of hydrogen-bond acceptors (Lipinski definition) is 3. The molecule has 1 fully saturated rings. The van der Waals surface area contributed by atoms with Gasteiger partial charge in [-0.2, -0.15) is 0 Å². The van der Waals surface area contributed by atoms with Crippen LogP contribution in [0.2, 0.25) is 0 Å². The van der Waals surface area contributed by atoms with Gasteiger partial charge in [0.25, 0.3) is 5.91 Å². The molecule has 1 amide bonds. The van der Waals surface area contributed by atoms with E-state index < -0.39 is 0 Å². The van der Waals surface area contributed by atoms with Crippen molar-refractivity contribution < 1.29 is 4.79 Å². The first kappa shape index (κ1) is 12.7. The summed E-state index contributed by atoms with van der Waals surface area (Å²) in [7, 11) is 0. The minimum absolute atomic E-state index is 0.0889. The van der Waals surface area contributed by atoms with Gasteiger partial charge in [0.2, 0.25) is 0 Å². The lowest BCUT2D eigenvalue weighted by Crippen LogP contribution is -2.41. The van der Waals surface area contributed by atoms with Gasteiger partial charge in [0.15, 0.2) is 0 Å². The third-order valence-electron chi connectivity index (χ3n) is 3.80. The standard InChI is InChI=1S/C14H21N3O/c1-14(2)5-3-4-12(14)17-13(18)9-6-10(15)8-11(16)7-9/h6-8,12H,3-5,15-16H2,1-2H3,(H,17,18). The molecule has 1 aromatic rings. The zero-order valence-electron chi connectivity index (χ0n) is 11.0. The number of nitrogen functional groups attached to an aromatic ring is 2. The van der Waals surface area contributed by atoms with E-state index in [9.17, 15) is 4.79 Å². The van der Waals surface area contributed by atoms with Gasteiger partial charge in [-0.3, -0.25) is 4.79 Å². The second-order valence-corrected chi connectivity index (χ2v) is 5.80. The lowest BCUT2D eigenvalue weighted by molar-refractivity contribution is 0.0910. The molecule has 0 heterocycles. The van der Waals surface area contributed by atoms with Crippen LogP contribution in [0, 0.1) is 5.41 Å². The Morgan fingerprint density at radius 1 is 1.28 bits per heavy atom. The average molecular weight is 247 g/mol. The highest BCUT2D eigenvalue weighted by Gasteiger charge is 2.35. The monoisotopic (exact) mass is 247 g/mol. The summed E-state index contributed by atoms with van der Waals surface area (Å²) in [4.78, 5) is 12.2. The number of nitrogens with one attached hydrogen (secondary N) is 1. The maximum Gasteiger partial charge on any atom is 0.251 e. The SMILES string of the molecule is CC1(C)CCCC1NC(=O)c1cc(N)cc(N)c1. The van der Waals surface area contributed by atoms with Gasteiger partial charge in [-0.15, -0.1) is 0 Å². The van der Waals surface area contributed by atoms with Crippen LogP contribution in [0.4, 0.5) is 11.4 Å². The van der Waals surface area contributed by atoms with Gasteiger partial charge in [0.05, 0.1) is 0 Å². The van der Waals surface area contributed by atoms with Crippen molar-refractivity contribution in [1.82, 2.24) is 5.32 Å². The fourth-order valence-electron chi connectivity index (χ4n) is 2.64. The smallest absolute Gasteiger partial charge is 0.251 e. The number of anilines is 2. The largest absolute Gasteiger partial charge is 0.399 e. The molecule has 2 rings (SSSR count). The molecular formula is C14H21N3O. The topological polar surface area (TPSA) is 81.1 Å². The number of nitrogens with two attached hydrogens (primary N) is 2. The number of amides is 1. The van der Waals surface area contributed by atoms with E-state index in [1.165, 1.54) is 0 Å². The summed E-state index contributed by atoms with van der Waals surface area (Å²) in [6.45, 7) is 4.39. The fraction of sp³-hybridized carbons (Fsp3) is 0.500. The first-order valence-corrected chi connectivity index (χ1v) is 6.35. The van der Waals surface area contributed by atoms with Crippen LogP contribution in [0.25, 0.3) is 0 Å². The molecule has 1 saturated carbocycles. The molecule has 4 heteroatoms. The summed E-state index contributed by atoms with van der Waals surface area (Å²) in [5.41, 5.74) is 13.1. The van der Waals surface area contributed by atoms with Crippen LogP contribution in [0.15, 0.2) is 18.2 Å². The van der Waals surface area contributed by atoms with Gasteiger partial charge >= 0.3 is 0 Å². The highest BCUT2D eigenvalue weighted by molar-refractivity contribution is 5.96. The van der Waals surface area contributed by atoms with E-state index in [4.69, 9.17) is 11.5 Å². The highest BCUT2D eigenvalue weighted by Crippen LogP contribution is 2.37. The number of carbonyl (C=O) groups is 1. The minimum atomic E-state index is -0.0889. The van der Waals surface area contributed by atoms with E-state index >= 15 is 0 Å². The van der Waals surface area contributed by atoms with E-state index in [0.29, 0.717) is 16.9 Å². The molecule has 0 bridgehead atoms. The molecular weight excluding hydrogens is 226 g/mol. The lowest BCUT2D eigenvalue weighted by Gasteiger charge is -2.27. The Balaban J connectivity index is 2.12. The third-order valence-corrected chi connectivity index (χ3v) is 3.80. The van der Waals surface area contributed by atoms with Crippen molar-refractivity contribution in [3.8, 4) is 0 Å². The van der Waals surface area contributed by atoms with Crippen LogP contribution in [0.5, 0.6) is 0 Å². The molecule has 1 aromatic carbocycles. The quantitative estimate of drug-likeness (QED) is 0.700. The summed E-state index contributed by atoms with van der Waals surface area (Å²) in [5, 5.41) is 3.09. The van der Waals surface area contributed by atoms with Crippen molar-refractivity contribution >= 4 is 17.3 Å². The molecule has 1 unspecified atom stereocenters. The van der Waals surface area contributed by atoms with Gasteiger partial charge in [-0.25, -0.2) is 0 Å². The van der Waals surface area contributed by atoms with Gasteiger partial charge in [-0.05, 0) is 36.5 Å². The van der Waals surface area contributed by atoms with E-state index in [0.717, 1.165) is 19.3 Å². The molecule has 1 atom stereocenters. The minimum Gasteiger partial charge on any atom is -0.399 e. The van der Waals surface area contributed by atoms with Crippen molar-refractivity contribution in [2.75, 3.05) is 11.5 Å². The summed E-state index contributed by atoms with van der Waals surface area (Å²) < 4.78 is 0. The molecule has 0 radical (unpaired) electrons. The summed E-state index contributed by atoms with van der Waals surface area (Å²) in [6.07, 6.45) is 3.35. The lowest BCUT2D eigenvalue weighted by atomic mass is 9.87. The molecule has 0 spiro atoms. The zero-order chi connectivity index (χ0) is 13.3. The van der Waals surface area contributed by atoms with Gasteiger partial charge in [0.1, 0.15) is 0 Å². The molecule has 4 nitrogen and oxygen atoms in total. The molecule has 1 aliphatic rings. The van der Waals surface area contributed by atoms with Crippen molar-refractivity contribution in [3.05, 3.63) is 23.8 Å². The Bertz CT molecular complexity index is 448. The Labute approximate surface area is 108 Å². The molecule has 0 saturated heterocycles. The third kappa shape index (κ3) is 2.58.